The second kappa shape index (κ2) is 19.0. The minimum Gasteiger partial charge on any atom is -0.438 e. The molecule has 0 amide bonds. The number of carbonyl (C=O) groups excluding carboxylic acids is 1. The number of allylic oxidation sites excluding steroid dienone is 7. The largest absolute Gasteiger partial charge is 0.508 e. The standard InChI is InChI=1S/C11H18.C6H10O3.C4H8/c1-6-8-9-11(4,5)10(3)7-2;1-3-4-5-9-6(7)8-2;1-3-4-2/h7-9H,2-3,6H2,1,4-5H3;3-4H,5H2,1-2H3;3-4H,1-2H3/b9-8+;4-3-;4-3+. The summed E-state index contributed by atoms with van der Waals surface area (Å²) < 4.78 is 8.69. The van der Waals surface area contributed by atoms with Gasteiger partial charge in [-0.1, -0.05) is 76.5 Å². The summed E-state index contributed by atoms with van der Waals surface area (Å²) in [5, 5.41) is 0. The Labute approximate surface area is 149 Å². The van der Waals surface area contributed by atoms with Crippen molar-refractivity contribution in [2.75, 3.05) is 13.7 Å². The van der Waals surface area contributed by atoms with Gasteiger partial charge in [0.05, 0.1) is 7.11 Å². The first kappa shape index (κ1) is 26.8. The lowest BCUT2D eigenvalue weighted by Gasteiger charge is -2.20. The topological polar surface area (TPSA) is 35.5 Å². The average molecular weight is 337 g/mol. The summed E-state index contributed by atoms with van der Waals surface area (Å²) in [6, 6.07) is 0. The Hall–Kier alpha value is -2.03. The molecule has 0 aliphatic rings. The van der Waals surface area contributed by atoms with Crippen LogP contribution in [0.1, 0.15) is 48.0 Å². The average Bonchev–Trinajstić information content (AvgIpc) is 2.59. The van der Waals surface area contributed by atoms with Crippen LogP contribution in [0.3, 0.4) is 0 Å². The molecular weight excluding hydrogens is 300 g/mol. The normalized spacial score (nSPS) is 10.6. The Morgan fingerprint density at radius 2 is 1.62 bits per heavy atom. The highest BCUT2D eigenvalue weighted by atomic mass is 16.7. The number of hydrogen-bond donors (Lipinski definition) is 0. The van der Waals surface area contributed by atoms with Crippen molar-refractivity contribution >= 4 is 6.16 Å². The van der Waals surface area contributed by atoms with Crippen LogP contribution in [0.15, 0.2) is 61.3 Å². The van der Waals surface area contributed by atoms with Crippen molar-refractivity contribution in [1.29, 1.82) is 0 Å². The number of hydrogen-bond acceptors (Lipinski definition) is 3. The highest BCUT2D eigenvalue weighted by Gasteiger charge is 2.14. The van der Waals surface area contributed by atoms with Gasteiger partial charge in [-0.15, -0.1) is 0 Å². The summed E-state index contributed by atoms with van der Waals surface area (Å²) in [5.74, 6) is 0. The molecule has 0 aliphatic carbocycles. The maximum atomic E-state index is 10.2. The number of carbonyl (C=O) groups is 1. The molecule has 0 atom stereocenters. The van der Waals surface area contributed by atoms with Crippen molar-refractivity contribution in [1.82, 2.24) is 0 Å². The number of methoxy groups -OCH3 is 1. The summed E-state index contributed by atoms with van der Waals surface area (Å²) in [4.78, 5) is 10.2. The summed E-state index contributed by atoms with van der Waals surface area (Å²) >= 11 is 0. The predicted molar refractivity (Wildman–Crippen MR) is 106 cm³/mol. The molecule has 0 bridgehead atoms. The highest BCUT2D eigenvalue weighted by Crippen LogP contribution is 2.27. The molecule has 0 rings (SSSR count). The van der Waals surface area contributed by atoms with Crippen LogP contribution in [-0.2, 0) is 9.47 Å². The summed E-state index contributed by atoms with van der Waals surface area (Å²) in [6.45, 7) is 20.2. The summed E-state index contributed by atoms with van der Waals surface area (Å²) in [5.41, 5.74) is 1.14. The molecule has 0 radical (unpaired) electrons. The van der Waals surface area contributed by atoms with Gasteiger partial charge in [0.1, 0.15) is 6.61 Å². The lowest BCUT2D eigenvalue weighted by atomic mass is 9.85. The molecule has 138 valence electrons. The monoisotopic (exact) mass is 336 g/mol. The van der Waals surface area contributed by atoms with Gasteiger partial charge >= 0.3 is 6.16 Å². The van der Waals surface area contributed by atoms with E-state index in [1.54, 1.807) is 12.2 Å². The predicted octanol–water partition coefficient (Wildman–Crippen LogP) is 6.65. The van der Waals surface area contributed by atoms with E-state index in [-0.39, 0.29) is 12.0 Å². The van der Waals surface area contributed by atoms with E-state index in [0.29, 0.717) is 0 Å². The molecule has 0 heterocycles. The van der Waals surface area contributed by atoms with Gasteiger partial charge < -0.3 is 9.47 Å². The first-order chi connectivity index (χ1) is 11.3. The molecular formula is C21H36O3. The van der Waals surface area contributed by atoms with Gasteiger partial charge in [0.25, 0.3) is 0 Å². The van der Waals surface area contributed by atoms with Crippen molar-refractivity contribution in [3.63, 3.8) is 0 Å². The van der Waals surface area contributed by atoms with E-state index >= 15 is 0 Å². The molecule has 0 aliphatic heterocycles. The smallest absolute Gasteiger partial charge is 0.438 e. The van der Waals surface area contributed by atoms with Crippen LogP contribution in [0.2, 0.25) is 0 Å². The van der Waals surface area contributed by atoms with E-state index in [1.807, 2.05) is 39.0 Å². The zero-order valence-corrected chi connectivity index (χ0v) is 16.6. The quantitative estimate of drug-likeness (QED) is 0.309. The first-order valence-corrected chi connectivity index (χ1v) is 8.15. The van der Waals surface area contributed by atoms with Gasteiger partial charge in [-0.25, -0.2) is 4.79 Å². The van der Waals surface area contributed by atoms with Gasteiger partial charge in [0.2, 0.25) is 0 Å². The fourth-order valence-electron chi connectivity index (χ4n) is 1.05. The van der Waals surface area contributed by atoms with E-state index < -0.39 is 6.16 Å². The van der Waals surface area contributed by atoms with Crippen LogP contribution in [0.25, 0.3) is 0 Å². The van der Waals surface area contributed by atoms with Crippen molar-refractivity contribution in [3.05, 3.63) is 61.3 Å². The first-order valence-electron chi connectivity index (χ1n) is 8.15. The molecule has 0 saturated carbocycles. The Kier molecular flexibility index (Phi) is 21.3. The van der Waals surface area contributed by atoms with Crippen LogP contribution in [0.5, 0.6) is 0 Å². The second-order valence-electron chi connectivity index (χ2n) is 5.26. The van der Waals surface area contributed by atoms with Crippen LogP contribution in [0.4, 0.5) is 4.79 Å². The summed E-state index contributed by atoms with van der Waals surface area (Å²) in [6.07, 6.45) is 14.1. The maximum absolute atomic E-state index is 10.2. The van der Waals surface area contributed by atoms with Crippen molar-refractivity contribution < 1.29 is 14.3 Å². The Balaban J connectivity index is -0.000000305. The molecule has 0 unspecified atom stereocenters. The van der Waals surface area contributed by atoms with E-state index in [0.717, 1.165) is 12.0 Å². The Morgan fingerprint density at radius 1 is 1.08 bits per heavy atom. The van der Waals surface area contributed by atoms with Gasteiger partial charge in [-0.3, -0.25) is 0 Å². The molecule has 0 aromatic heterocycles. The molecule has 0 spiro atoms. The van der Waals surface area contributed by atoms with Crippen LogP contribution < -0.4 is 0 Å². The van der Waals surface area contributed by atoms with Gasteiger partial charge in [-0.2, -0.15) is 0 Å². The van der Waals surface area contributed by atoms with Gasteiger partial charge in [-0.05, 0) is 32.8 Å². The summed E-state index contributed by atoms with van der Waals surface area (Å²) in [7, 11) is 1.28. The molecule has 0 aromatic carbocycles. The fourth-order valence-corrected chi connectivity index (χ4v) is 1.05. The lowest BCUT2D eigenvalue weighted by Crippen LogP contribution is -2.08. The highest BCUT2D eigenvalue weighted by molar-refractivity contribution is 5.59. The third-order valence-corrected chi connectivity index (χ3v) is 2.88. The van der Waals surface area contributed by atoms with Crippen molar-refractivity contribution in [2.24, 2.45) is 5.41 Å². The van der Waals surface area contributed by atoms with E-state index in [4.69, 9.17) is 0 Å². The maximum Gasteiger partial charge on any atom is 0.508 e. The second-order valence-corrected chi connectivity index (χ2v) is 5.26. The molecule has 0 N–H and O–H groups in total. The molecule has 0 saturated heterocycles. The minimum absolute atomic E-state index is 0.0672. The zero-order chi connectivity index (χ0) is 19.4. The van der Waals surface area contributed by atoms with Crippen molar-refractivity contribution in [3.8, 4) is 0 Å². The van der Waals surface area contributed by atoms with Crippen LogP contribution in [-0.4, -0.2) is 19.9 Å². The Bertz CT molecular complexity index is 409. The van der Waals surface area contributed by atoms with Crippen LogP contribution >= 0.6 is 0 Å². The SMILES string of the molecule is C/C=C/C.C/C=C\COC(=O)OC.C=CC(=C)C(C)(C)/C=C/CC. The van der Waals surface area contributed by atoms with Crippen molar-refractivity contribution in [2.45, 2.75) is 48.0 Å². The number of ether oxygens (including phenoxy) is 2. The number of rotatable bonds is 6. The van der Waals surface area contributed by atoms with Gasteiger partial charge in [0.15, 0.2) is 0 Å². The molecule has 24 heavy (non-hydrogen) atoms. The zero-order valence-electron chi connectivity index (χ0n) is 16.6. The fraction of sp³-hybridized carbons (Fsp3) is 0.476. The lowest BCUT2D eigenvalue weighted by molar-refractivity contribution is 0.0818. The van der Waals surface area contributed by atoms with E-state index in [1.165, 1.54) is 7.11 Å². The molecule has 0 fully saturated rings. The Morgan fingerprint density at radius 3 is 1.96 bits per heavy atom. The molecule has 0 aromatic rings. The third kappa shape index (κ3) is 20.0. The minimum atomic E-state index is -0.645. The third-order valence-electron chi connectivity index (χ3n) is 2.88. The molecule has 3 nitrogen and oxygen atoms in total. The van der Waals surface area contributed by atoms with Gasteiger partial charge in [0, 0.05) is 5.41 Å². The van der Waals surface area contributed by atoms with Crippen LogP contribution in [0, 0.1) is 5.41 Å². The molecule has 3 heteroatoms. The van der Waals surface area contributed by atoms with E-state index in [2.05, 4.69) is 55.6 Å². The van der Waals surface area contributed by atoms with E-state index in [9.17, 15) is 4.79 Å².